The molecule has 5 nitrogen and oxygen atoms in total. The lowest BCUT2D eigenvalue weighted by Gasteiger charge is -2.36. The van der Waals surface area contributed by atoms with E-state index in [4.69, 9.17) is 4.74 Å². The van der Waals surface area contributed by atoms with Crippen LogP contribution in [-0.2, 0) is 17.6 Å². The van der Waals surface area contributed by atoms with E-state index in [-0.39, 0.29) is 5.91 Å². The van der Waals surface area contributed by atoms with Gasteiger partial charge < -0.3 is 9.64 Å². The van der Waals surface area contributed by atoms with Crippen molar-refractivity contribution < 1.29 is 9.53 Å². The van der Waals surface area contributed by atoms with Gasteiger partial charge in [0.2, 0.25) is 11.8 Å². The molecule has 2 aromatic rings. The van der Waals surface area contributed by atoms with Gasteiger partial charge in [0.15, 0.2) is 0 Å². The Morgan fingerprint density at radius 1 is 1.14 bits per heavy atom. The minimum absolute atomic E-state index is 0.102. The summed E-state index contributed by atoms with van der Waals surface area (Å²) in [6.07, 6.45) is 8.53. The van der Waals surface area contributed by atoms with Crippen LogP contribution in [0.2, 0.25) is 0 Å². The topological polar surface area (TPSA) is 45.7 Å². The van der Waals surface area contributed by atoms with Crippen LogP contribution in [-0.4, -0.2) is 41.5 Å². The van der Waals surface area contributed by atoms with Crippen molar-refractivity contribution in [3.8, 4) is 11.6 Å². The number of pyridine rings is 1. The van der Waals surface area contributed by atoms with Crippen LogP contribution < -0.4 is 9.64 Å². The van der Waals surface area contributed by atoms with E-state index in [1.165, 1.54) is 36.9 Å². The Balaban J connectivity index is 1.43. The third-order valence-electron chi connectivity index (χ3n) is 6.28. The molecule has 2 aliphatic rings. The second kappa shape index (κ2) is 8.95. The van der Waals surface area contributed by atoms with Gasteiger partial charge in [-0.1, -0.05) is 19.4 Å². The molecular weight excluding hydrogens is 362 g/mol. The Kier molecular flexibility index (Phi) is 6.14. The average molecular weight is 394 g/mol. The number of anilines is 1. The fourth-order valence-electron chi connectivity index (χ4n) is 4.31. The Hall–Kier alpha value is -2.40. The van der Waals surface area contributed by atoms with Gasteiger partial charge in [0.05, 0.1) is 11.9 Å². The number of carbonyl (C=O) groups is 1. The number of ether oxygens (including phenoxy) is 1. The normalized spacial score (nSPS) is 17.2. The van der Waals surface area contributed by atoms with Crippen LogP contribution in [0.4, 0.5) is 5.69 Å². The maximum atomic E-state index is 12.0. The molecule has 0 N–H and O–H groups in total. The molecular formula is C24H31N3O2. The first kappa shape index (κ1) is 19.9. The molecule has 0 bridgehead atoms. The van der Waals surface area contributed by atoms with Crippen LogP contribution in [0.3, 0.4) is 0 Å². The van der Waals surface area contributed by atoms with Crippen LogP contribution in [0.5, 0.6) is 11.6 Å². The molecule has 4 rings (SSSR count). The highest BCUT2D eigenvalue weighted by molar-refractivity contribution is 5.92. The average Bonchev–Trinajstić information content (AvgIpc) is 2.91. The molecule has 1 aliphatic heterocycles. The molecule has 29 heavy (non-hydrogen) atoms. The molecule has 2 heterocycles. The number of benzene rings is 1. The zero-order valence-electron chi connectivity index (χ0n) is 17.6. The van der Waals surface area contributed by atoms with Crippen molar-refractivity contribution >= 4 is 11.6 Å². The van der Waals surface area contributed by atoms with Crippen LogP contribution in [0.15, 0.2) is 36.5 Å². The van der Waals surface area contributed by atoms with E-state index in [0.717, 1.165) is 36.9 Å². The van der Waals surface area contributed by atoms with Crippen molar-refractivity contribution in [1.82, 2.24) is 9.88 Å². The number of fused-ring (bicyclic) bond motifs is 1. The first-order chi connectivity index (χ1) is 14.2. The molecule has 0 saturated heterocycles. The second-order valence-electron chi connectivity index (χ2n) is 8.00. The van der Waals surface area contributed by atoms with Gasteiger partial charge in [0, 0.05) is 38.2 Å². The number of rotatable bonds is 6. The fourth-order valence-corrected chi connectivity index (χ4v) is 4.31. The van der Waals surface area contributed by atoms with Gasteiger partial charge in [-0.05, 0) is 61.9 Å². The van der Waals surface area contributed by atoms with Crippen molar-refractivity contribution in [1.29, 1.82) is 0 Å². The number of amides is 1. The first-order valence-corrected chi connectivity index (χ1v) is 11.0. The van der Waals surface area contributed by atoms with Crippen LogP contribution in [0, 0.1) is 0 Å². The van der Waals surface area contributed by atoms with Crippen LogP contribution in [0.1, 0.15) is 50.7 Å². The highest BCUT2D eigenvalue weighted by Crippen LogP contribution is 2.30. The summed E-state index contributed by atoms with van der Waals surface area (Å²) in [5, 5.41) is 0. The molecule has 154 valence electrons. The minimum Gasteiger partial charge on any atom is -0.439 e. The van der Waals surface area contributed by atoms with Gasteiger partial charge in [-0.15, -0.1) is 0 Å². The maximum Gasteiger partial charge on any atom is 0.226 e. The van der Waals surface area contributed by atoms with Crippen molar-refractivity contribution in [2.75, 3.05) is 24.5 Å². The standard InChI is InChI=1S/C24H31N3O2/c1-3-24(28)27(4-2)21-9-11-23(25-17-21)29-22-10-8-18-12-14-26(20-6-5-7-20)15-13-19(18)16-22/h8-11,16-17,20H,3-7,12-15H2,1-2H3. The van der Waals surface area contributed by atoms with Crippen molar-refractivity contribution in [3.05, 3.63) is 47.7 Å². The molecule has 1 fully saturated rings. The third kappa shape index (κ3) is 4.45. The lowest BCUT2D eigenvalue weighted by atomic mass is 9.91. The first-order valence-electron chi connectivity index (χ1n) is 11.0. The zero-order chi connectivity index (χ0) is 20.2. The van der Waals surface area contributed by atoms with E-state index < -0.39 is 0 Å². The molecule has 1 amide bonds. The molecule has 1 aromatic carbocycles. The number of aromatic nitrogens is 1. The SMILES string of the molecule is CCC(=O)N(CC)c1ccc(Oc2ccc3c(c2)CCN(C2CCC2)CC3)nc1. The quantitative estimate of drug-likeness (QED) is 0.720. The molecule has 0 spiro atoms. The summed E-state index contributed by atoms with van der Waals surface area (Å²) in [4.78, 5) is 20.9. The Bertz CT molecular complexity index is 846. The number of hydrogen-bond donors (Lipinski definition) is 0. The summed E-state index contributed by atoms with van der Waals surface area (Å²) < 4.78 is 6.02. The van der Waals surface area contributed by atoms with E-state index in [2.05, 4.69) is 22.0 Å². The Morgan fingerprint density at radius 3 is 2.55 bits per heavy atom. The largest absolute Gasteiger partial charge is 0.439 e. The summed E-state index contributed by atoms with van der Waals surface area (Å²) in [6, 6.07) is 11.0. The summed E-state index contributed by atoms with van der Waals surface area (Å²) in [5.41, 5.74) is 3.65. The lowest BCUT2D eigenvalue weighted by Crippen LogP contribution is -2.41. The van der Waals surface area contributed by atoms with Crippen LogP contribution in [0.25, 0.3) is 0 Å². The summed E-state index contributed by atoms with van der Waals surface area (Å²) in [5.74, 6) is 1.49. The molecule has 0 unspecified atom stereocenters. The number of carbonyl (C=O) groups excluding carboxylic acids is 1. The van der Waals surface area contributed by atoms with Crippen LogP contribution >= 0.6 is 0 Å². The van der Waals surface area contributed by atoms with E-state index in [9.17, 15) is 4.79 Å². The van der Waals surface area contributed by atoms with Gasteiger partial charge in [-0.25, -0.2) is 4.98 Å². The Morgan fingerprint density at radius 2 is 1.93 bits per heavy atom. The molecule has 0 atom stereocenters. The van der Waals surface area contributed by atoms with Gasteiger partial charge in [0.1, 0.15) is 5.75 Å². The molecule has 1 saturated carbocycles. The number of nitrogens with zero attached hydrogens (tertiary/aromatic N) is 3. The van der Waals surface area contributed by atoms with Gasteiger partial charge in [-0.3, -0.25) is 9.69 Å². The fraction of sp³-hybridized carbons (Fsp3) is 0.500. The second-order valence-corrected chi connectivity index (χ2v) is 8.00. The van der Waals surface area contributed by atoms with Gasteiger partial charge in [0.25, 0.3) is 0 Å². The summed E-state index contributed by atoms with van der Waals surface area (Å²) in [7, 11) is 0. The highest BCUT2D eigenvalue weighted by Gasteiger charge is 2.26. The van der Waals surface area contributed by atoms with Gasteiger partial charge >= 0.3 is 0 Å². The molecule has 1 aliphatic carbocycles. The molecule has 5 heteroatoms. The summed E-state index contributed by atoms with van der Waals surface area (Å²) >= 11 is 0. The molecule has 1 aromatic heterocycles. The molecule has 0 radical (unpaired) electrons. The van der Waals surface area contributed by atoms with Crippen molar-refractivity contribution in [2.24, 2.45) is 0 Å². The van der Waals surface area contributed by atoms with E-state index in [0.29, 0.717) is 18.8 Å². The minimum atomic E-state index is 0.102. The Labute approximate surface area is 173 Å². The number of hydrogen-bond acceptors (Lipinski definition) is 4. The van der Waals surface area contributed by atoms with E-state index in [1.807, 2.05) is 32.0 Å². The zero-order valence-corrected chi connectivity index (χ0v) is 17.6. The van der Waals surface area contributed by atoms with Gasteiger partial charge in [-0.2, -0.15) is 0 Å². The smallest absolute Gasteiger partial charge is 0.226 e. The van der Waals surface area contributed by atoms with Crippen molar-refractivity contribution in [3.63, 3.8) is 0 Å². The monoisotopic (exact) mass is 393 g/mol. The third-order valence-corrected chi connectivity index (χ3v) is 6.28. The predicted octanol–water partition coefficient (Wildman–Crippen LogP) is 4.59. The maximum absolute atomic E-state index is 12.0. The highest BCUT2D eigenvalue weighted by atomic mass is 16.5. The predicted molar refractivity (Wildman–Crippen MR) is 116 cm³/mol. The lowest BCUT2D eigenvalue weighted by molar-refractivity contribution is -0.118. The van der Waals surface area contributed by atoms with E-state index in [1.54, 1.807) is 11.1 Å². The van der Waals surface area contributed by atoms with E-state index >= 15 is 0 Å². The summed E-state index contributed by atoms with van der Waals surface area (Å²) in [6.45, 7) is 6.80. The van der Waals surface area contributed by atoms with Crippen molar-refractivity contribution in [2.45, 2.75) is 58.4 Å².